The van der Waals surface area contributed by atoms with Crippen LogP contribution in [0.5, 0.6) is 5.75 Å². The van der Waals surface area contributed by atoms with Gasteiger partial charge in [-0.3, -0.25) is 0 Å². The van der Waals surface area contributed by atoms with Gasteiger partial charge in [-0.2, -0.15) is 0 Å². The number of β-amino-alcohol motifs (C(OH)–C–C–N with tert-alkyl or cyclic N) is 1. The molecule has 0 radical (unpaired) electrons. The summed E-state index contributed by atoms with van der Waals surface area (Å²) >= 11 is 0. The van der Waals surface area contributed by atoms with Crippen LogP contribution >= 0.6 is 0 Å². The number of rotatable bonds is 3. The SMILES string of the molecule is COc1ccc(F)c(NC(=O)N2C[C@H](O)C[C@H]2C(=O)O)c1. The number of anilines is 1. The van der Waals surface area contributed by atoms with E-state index in [1.54, 1.807) is 0 Å². The monoisotopic (exact) mass is 298 g/mol. The van der Waals surface area contributed by atoms with E-state index in [2.05, 4.69) is 5.32 Å². The van der Waals surface area contributed by atoms with Crippen LogP contribution in [0.25, 0.3) is 0 Å². The Morgan fingerprint density at radius 2 is 2.19 bits per heavy atom. The molecule has 0 aromatic heterocycles. The number of amides is 2. The number of methoxy groups -OCH3 is 1. The molecule has 3 N–H and O–H groups in total. The number of nitrogens with zero attached hydrogens (tertiary/aromatic N) is 1. The van der Waals surface area contributed by atoms with Crippen molar-refractivity contribution in [3.63, 3.8) is 0 Å². The average Bonchev–Trinajstić information content (AvgIpc) is 2.83. The minimum Gasteiger partial charge on any atom is -0.497 e. The average molecular weight is 298 g/mol. The number of hydrogen-bond donors (Lipinski definition) is 3. The zero-order valence-corrected chi connectivity index (χ0v) is 11.2. The predicted molar refractivity (Wildman–Crippen MR) is 70.7 cm³/mol. The summed E-state index contributed by atoms with van der Waals surface area (Å²) in [5, 5.41) is 20.8. The second-order valence-corrected chi connectivity index (χ2v) is 4.67. The molecule has 8 heteroatoms. The van der Waals surface area contributed by atoms with Crippen molar-refractivity contribution in [1.82, 2.24) is 4.90 Å². The number of nitrogens with one attached hydrogen (secondary N) is 1. The number of carbonyl (C=O) groups is 2. The lowest BCUT2D eigenvalue weighted by molar-refractivity contribution is -0.141. The molecule has 1 aromatic rings. The van der Waals surface area contributed by atoms with Crippen molar-refractivity contribution >= 4 is 17.7 Å². The molecule has 2 atom stereocenters. The van der Waals surface area contributed by atoms with E-state index in [1.807, 2.05) is 0 Å². The third-order valence-corrected chi connectivity index (χ3v) is 3.24. The minimum atomic E-state index is -1.21. The van der Waals surface area contributed by atoms with Crippen LogP contribution in [0.4, 0.5) is 14.9 Å². The number of aliphatic hydroxyl groups excluding tert-OH is 1. The standard InChI is InChI=1S/C13H15FN2O5/c1-21-8-2-3-9(14)10(5-8)15-13(20)16-6-7(17)4-11(16)12(18)19/h2-3,5,7,11,17H,4,6H2,1H3,(H,15,20)(H,18,19)/t7-,11+/m1/s1. The number of halogens is 1. The minimum absolute atomic E-state index is 0.0522. The van der Waals surface area contributed by atoms with E-state index in [0.29, 0.717) is 5.75 Å². The number of carbonyl (C=O) groups excluding carboxylic acids is 1. The zero-order chi connectivity index (χ0) is 15.6. The summed E-state index contributed by atoms with van der Waals surface area (Å²) in [6.07, 6.45) is -0.962. The summed E-state index contributed by atoms with van der Waals surface area (Å²) in [4.78, 5) is 24.1. The van der Waals surface area contributed by atoms with Gasteiger partial charge in [0.15, 0.2) is 0 Å². The number of urea groups is 1. The number of benzene rings is 1. The maximum absolute atomic E-state index is 13.6. The highest BCUT2D eigenvalue weighted by molar-refractivity contribution is 5.93. The fraction of sp³-hybridized carbons (Fsp3) is 0.385. The Kier molecular flexibility index (Phi) is 4.27. The molecule has 1 heterocycles. The number of aliphatic carboxylic acids is 1. The van der Waals surface area contributed by atoms with Crippen molar-refractivity contribution in [2.75, 3.05) is 19.0 Å². The van der Waals surface area contributed by atoms with E-state index in [9.17, 15) is 19.1 Å². The molecule has 7 nitrogen and oxygen atoms in total. The van der Waals surface area contributed by atoms with Gasteiger partial charge in [-0.1, -0.05) is 0 Å². The largest absolute Gasteiger partial charge is 0.497 e. The molecule has 0 unspecified atom stereocenters. The second-order valence-electron chi connectivity index (χ2n) is 4.67. The van der Waals surface area contributed by atoms with E-state index in [1.165, 1.54) is 19.2 Å². The maximum Gasteiger partial charge on any atom is 0.326 e. The van der Waals surface area contributed by atoms with Crippen molar-refractivity contribution in [1.29, 1.82) is 0 Å². The van der Waals surface area contributed by atoms with Crippen LogP contribution in [0.15, 0.2) is 18.2 Å². The van der Waals surface area contributed by atoms with E-state index < -0.39 is 30.0 Å². The predicted octanol–water partition coefficient (Wildman–Crippen LogP) is 0.886. The van der Waals surface area contributed by atoms with Crippen molar-refractivity contribution in [2.45, 2.75) is 18.6 Å². The summed E-state index contributed by atoms with van der Waals surface area (Å²) in [6.45, 7) is -0.117. The summed E-state index contributed by atoms with van der Waals surface area (Å²) in [5.74, 6) is -1.54. The molecule has 1 fully saturated rings. The zero-order valence-electron chi connectivity index (χ0n) is 11.2. The lowest BCUT2D eigenvalue weighted by Crippen LogP contribution is -2.43. The van der Waals surface area contributed by atoms with Crippen LogP contribution in [0.1, 0.15) is 6.42 Å². The smallest absolute Gasteiger partial charge is 0.326 e. The van der Waals surface area contributed by atoms with Crippen LogP contribution in [-0.2, 0) is 4.79 Å². The van der Waals surface area contributed by atoms with E-state index in [0.717, 1.165) is 11.0 Å². The van der Waals surface area contributed by atoms with Crippen molar-refractivity contribution < 1.29 is 28.9 Å². The number of carboxylic acids is 1. The fourth-order valence-electron chi connectivity index (χ4n) is 2.19. The number of carboxylic acid groups (broad SMARTS) is 1. The second kappa shape index (κ2) is 5.96. The number of ether oxygens (including phenoxy) is 1. The molecule has 1 aliphatic heterocycles. The molecule has 0 saturated carbocycles. The Morgan fingerprint density at radius 3 is 2.81 bits per heavy atom. The van der Waals surface area contributed by atoms with E-state index >= 15 is 0 Å². The Morgan fingerprint density at radius 1 is 1.48 bits per heavy atom. The van der Waals surface area contributed by atoms with Gasteiger partial charge in [-0.15, -0.1) is 0 Å². The van der Waals surface area contributed by atoms with Gasteiger partial charge in [0, 0.05) is 19.0 Å². The fourth-order valence-corrected chi connectivity index (χ4v) is 2.19. The Labute approximate surface area is 119 Å². The molecule has 0 aliphatic carbocycles. The van der Waals surface area contributed by atoms with Gasteiger partial charge in [-0.05, 0) is 12.1 Å². The molecule has 1 aliphatic rings. The van der Waals surface area contributed by atoms with Gasteiger partial charge < -0.3 is 25.2 Å². The lowest BCUT2D eigenvalue weighted by atomic mass is 10.2. The summed E-state index contributed by atoms with van der Waals surface area (Å²) in [7, 11) is 1.40. The molecule has 0 bridgehead atoms. The topological polar surface area (TPSA) is 99.1 Å². The van der Waals surface area contributed by atoms with Crippen LogP contribution in [-0.4, -0.2) is 52.9 Å². The number of hydrogen-bond acceptors (Lipinski definition) is 4. The summed E-state index contributed by atoms with van der Waals surface area (Å²) < 4.78 is 18.6. The van der Waals surface area contributed by atoms with Crippen LogP contribution in [0, 0.1) is 5.82 Å². The van der Waals surface area contributed by atoms with Gasteiger partial charge in [0.25, 0.3) is 0 Å². The lowest BCUT2D eigenvalue weighted by Gasteiger charge is -2.21. The first-order valence-electron chi connectivity index (χ1n) is 6.24. The van der Waals surface area contributed by atoms with Crippen molar-refractivity contribution in [3.05, 3.63) is 24.0 Å². The van der Waals surface area contributed by atoms with Crippen LogP contribution < -0.4 is 10.1 Å². The molecule has 114 valence electrons. The first kappa shape index (κ1) is 15.0. The highest BCUT2D eigenvalue weighted by Crippen LogP contribution is 2.24. The van der Waals surface area contributed by atoms with Crippen LogP contribution in [0.2, 0.25) is 0 Å². The highest BCUT2D eigenvalue weighted by atomic mass is 19.1. The van der Waals surface area contributed by atoms with Gasteiger partial charge in [0.1, 0.15) is 17.6 Å². The first-order chi connectivity index (χ1) is 9.92. The van der Waals surface area contributed by atoms with Crippen molar-refractivity contribution in [2.24, 2.45) is 0 Å². The third kappa shape index (κ3) is 3.22. The highest BCUT2D eigenvalue weighted by Gasteiger charge is 2.39. The summed E-state index contributed by atoms with van der Waals surface area (Å²) in [6, 6.07) is 1.89. The Balaban J connectivity index is 2.16. The number of aliphatic hydroxyl groups is 1. The molecule has 0 spiro atoms. The molecule has 1 saturated heterocycles. The first-order valence-corrected chi connectivity index (χ1v) is 6.24. The van der Waals surface area contributed by atoms with E-state index in [-0.39, 0.29) is 18.7 Å². The Hall–Kier alpha value is -2.35. The third-order valence-electron chi connectivity index (χ3n) is 3.24. The number of likely N-dealkylation sites (tertiary alicyclic amines) is 1. The van der Waals surface area contributed by atoms with Crippen molar-refractivity contribution in [3.8, 4) is 5.75 Å². The normalized spacial score (nSPS) is 21.2. The van der Waals surface area contributed by atoms with Gasteiger partial charge in [0.05, 0.1) is 18.9 Å². The van der Waals surface area contributed by atoms with Gasteiger partial charge >= 0.3 is 12.0 Å². The maximum atomic E-state index is 13.6. The van der Waals surface area contributed by atoms with Crippen LogP contribution in [0.3, 0.4) is 0 Å². The molecule has 2 amide bonds. The molecular weight excluding hydrogens is 283 g/mol. The molecular formula is C13H15FN2O5. The van der Waals surface area contributed by atoms with Gasteiger partial charge in [0.2, 0.25) is 0 Å². The van der Waals surface area contributed by atoms with E-state index in [4.69, 9.17) is 9.84 Å². The summed E-state index contributed by atoms with van der Waals surface area (Å²) in [5.41, 5.74) is -0.120. The quantitative estimate of drug-likeness (QED) is 0.769. The molecule has 2 rings (SSSR count). The molecule has 21 heavy (non-hydrogen) atoms. The van der Waals surface area contributed by atoms with Gasteiger partial charge in [-0.25, -0.2) is 14.0 Å². The molecule has 1 aromatic carbocycles. The Bertz CT molecular complexity index is 565.